The molecular weight excluding hydrogens is 386 g/mol. The SMILES string of the molecule is O=C(O)c1cn(C2O[C@H](CO)[C@@H](O)[C@H]2O)c2cc(Br)ccc2c1=O. The van der Waals surface area contributed by atoms with Crippen LogP contribution < -0.4 is 5.43 Å². The molecule has 0 bridgehead atoms. The maximum atomic E-state index is 12.3. The molecule has 0 saturated carbocycles. The summed E-state index contributed by atoms with van der Waals surface area (Å²) in [6.45, 7) is -0.512. The molecule has 128 valence electrons. The van der Waals surface area contributed by atoms with Crippen LogP contribution in [0, 0.1) is 0 Å². The van der Waals surface area contributed by atoms with Crippen molar-refractivity contribution in [3.63, 3.8) is 0 Å². The summed E-state index contributed by atoms with van der Waals surface area (Å²) >= 11 is 3.28. The van der Waals surface area contributed by atoms with Crippen LogP contribution in [-0.2, 0) is 4.74 Å². The zero-order valence-electron chi connectivity index (χ0n) is 12.2. The van der Waals surface area contributed by atoms with Crippen molar-refractivity contribution in [3.8, 4) is 0 Å². The Balaban J connectivity index is 2.27. The van der Waals surface area contributed by atoms with Crippen LogP contribution in [0.4, 0.5) is 0 Å². The second-order valence-electron chi connectivity index (χ2n) is 5.47. The van der Waals surface area contributed by atoms with E-state index in [2.05, 4.69) is 15.9 Å². The van der Waals surface area contributed by atoms with E-state index in [4.69, 9.17) is 4.74 Å². The smallest absolute Gasteiger partial charge is 0.341 e. The third kappa shape index (κ3) is 2.64. The highest BCUT2D eigenvalue weighted by molar-refractivity contribution is 9.10. The molecule has 0 spiro atoms. The lowest BCUT2D eigenvalue weighted by Crippen LogP contribution is -2.33. The Bertz CT molecular complexity index is 865. The summed E-state index contributed by atoms with van der Waals surface area (Å²) in [5, 5.41) is 38.7. The molecule has 1 aromatic carbocycles. The number of aliphatic hydroxyl groups excluding tert-OH is 3. The van der Waals surface area contributed by atoms with Crippen molar-refractivity contribution < 1.29 is 30.0 Å². The lowest BCUT2D eigenvalue weighted by molar-refractivity contribution is -0.0509. The summed E-state index contributed by atoms with van der Waals surface area (Å²) < 4.78 is 7.37. The quantitative estimate of drug-likeness (QED) is 0.574. The van der Waals surface area contributed by atoms with Gasteiger partial charge in [0.05, 0.1) is 12.1 Å². The van der Waals surface area contributed by atoms with Crippen molar-refractivity contribution in [1.82, 2.24) is 4.57 Å². The summed E-state index contributed by atoms with van der Waals surface area (Å²) in [6.07, 6.45) is -3.82. The van der Waals surface area contributed by atoms with Gasteiger partial charge in [-0.05, 0) is 18.2 Å². The van der Waals surface area contributed by atoms with Crippen LogP contribution in [0.15, 0.2) is 33.7 Å². The fraction of sp³-hybridized carbons (Fsp3) is 0.333. The Labute approximate surface area is 143 Å². The van der Waals surface area contributed by atoms with E-state index in [9.17, 15) is 30.0 Å². The molecular formula is C15H14BrNO7. The molecule has 3 rings (SSSR count). The maximum Gasteiger partial charge on any atom is 0.341 e. The molecule has 2 aromatic rings. The van der Waals surface area contributed by atoms with Crippen molar-refractivity contribution in [2.45, 2.75) is 24.5 Å². The van der Waals surface area contributed by atoms with Crippen LogP contribution >= 0.6 is 15.9 Å². The summed E-state index contributed by atoms with van der Waals surface area (Å²) in [5.41, 5.74) is -0.815. The number of benzene rings is 1. The van der Waals surface area contributed by atoms with Crippen molar-refractivity contribution in [1.29, 1.82) is 0 Å². The number of pyridine rings is 1. The lowest BCUT2D eigenvalue weighted by Gasteiger charge is -2.21. The number of rotatable bonds is 3. The summed E-state index contributed by atoms with van der Waals surface area (Å²) in [7, 11) is 0. The predicted octanol–water partition coefficient (Wildman–Crippen LogP) is 0.0737. The molecule has 9 heteroatoms. The predicted molar refractivity (Wildman–Crippen MR) is 85.9 cm³/mol. The average molecular weight is 400 g/mol. The highest BCUT2D eigenvalue weighted by Crippen LogP contribution is 2.32. The molecule has 1 saturated heterocycles. The zero-order chi connectivity index (χ0) is 17.6. The summed E-state index contributed by atoms with van der Waals surface area (Å²) in [5.74, 6) is -1.41. The molecule has 0 amide bonds. The minimum atomic E-state index is -1.41. The van der Waals surface area contributed by atoms with Crippen molar-refractivity contribution in [3.05, 3.63) is 44.7 Å². The molecule has 1 aromatic heterocycles. The van der Waals surface area contributed by atoms with Gasteiger partial charge in [0.2, 0.25) is 5.43 Å². The van der Waals surface area contributed by atoms with E-state index in [1.807, 2.05) is 0 Å². The molecule has 4 N–H and O–H groups in total. The van der Waals surface area contributed by atoms with Gasteiger partial charge in [0.15, 0.2) is 6.23 Å². The molecule has 8 nitrogen and oxygen atoms in total. The molecule has 1 unspecified atom stereocenters. The van der Waals surface area contributed by atoms with Gasteiger partial charge in [0.1, 0.15) is 23.9 Å². The highest BCUT2D eigenvalue weighted by atomic mass is 79.9. The van der Waals surface area contributed by atoms with Crippen molar-refractivity contribution >= 4 is 32.8 Å². The molecule has 0 radical (unpaired) electrons. The lowest BCUT2D eigenvalue weighted by atomic mass is 10.1. The monoisotopic (exact) mass is 399 g/mol. The number of carboxylic acids is 1. The van der Waals surface area contributed by atoms with Gasteiger partial charge in [-0.2, -0.15) is 0 Å². The fourth-order valence-electron chi connectivity index (χ4n) is 2.80. The molecule has 0 aliphatic carbocycles. The fourth-order valence-corrected chi connectivity index (χ4v) is 3.14. The number of aliphatic hydroxyl groups is 3. The number of carbonyl (C=O) groups is 1. The number of fused-ring (bicyclic) bond motifs is 1. The Morgan fingerprint density at radius 3 is 2.58 bits per heavy atom. The van der Waals surface area contributed by atoms with Crippen molar-refractivity contribution in [2.24, 2.45) is 0 Å². The number of carboxylic acid groups (broad SMARTS) is 1. The third-order valence-corrected chi connectivity index (χ3v) is 4.51. The Hall–Kier alpha value is -1.78. The van der Waals surface area contributed by atoms with Gasteiger partial charge in [-0.25, -0.2) is 4.79 Å². The van der Waals surface area contributed by atoms with Gasteiger partial charge in [0.25, 0.3) is 0 Å². The first kappa shape index (κ1) is 17.1. The molecule has 1 aliphatic heterocycles. The number of aromatic nitrogens is 1. The number of hydrogen-bond acceptors (Lipinski definition) is 6. The maximum absolute atomic E-state index is 12.3. The largest absolute Gasteiger partial charge is 0.477 e. The van der Waals surface area contributed by atoms with E-state index in [0.29, 0.717) is 9.99 Å². The van der Waals surface area contributed by atoms with Crippen LogP contribution in [0.2, 0.25) is 0 Å². The molecule has 1 fully saturated rings. The first-order valence-electron chi connectivity index (χ1n) is 7.05. The Morgan fingerprint density at radius 1 is 1.29 bits per heavy atom. The van der Waals surface area contributed by atoms with Gasteiger partial charge in [0, 0.05) is 16.1 Å². The minimum Gasteiger partial charge on any atom is -0.477 e. The molecule has 4 atom stereocenters. The minimum absolute atomic E-state index is 0.135. The molecule has 24 heavy (non-hydrogen) atoms. The Morgan fingerprint density at radius 2 is 2.00 bits per heavy atom. The van der Waals surface area contributed by atoms with Crippen molar-refractivity contribution in [2.75, 3.05) is 6.61 Å². The normalized spacial score (nSPS) is 26.8. The number of aromatic carboxylic acids is 1. The van der Waals surface area contributed by atoms with E-state index in [1.54, 1.807) is 12.1 Å². The van der Waals surface area contributed by atoms with Gasteiger partial charge >= 0.3 is 5.97 Å². The first-order chi connectivity index (χ1) is 11.3. The molecule has 1 aliphatic rings. The third-order valence-electron chi connectivity index (χ3n) is 4.02. The number of nitrogens with zero attached hydrogens (tertiary/aromatic N) is 1. The second kappa shape index (κ2) is 6.26. The van der Waals surface area contributed by atoms with Gasteiger partial charge in [-0.3, -0.25) is 4.79 Å². The van der Waals surface area contributed by atoms with E-state index in [1.165, 1.54) is 10.6 Å². The van der Waals surface area contributed by atoms with Gasteiger partial charge in [-0.15, -0.1) is 0 Å². The first-order valence-corrected chi connectivity index (χ1v) is 7.84. The number of halogens is 1. The average Bonchev–Trinajstić information content (AvgIpc) is 2.83. The van der Waals surface area contributed by atoms with Crippen LogP contribution in [0.5, 0.6) is 0 Å². The van der Waals surface area contributed by atoms with E-state index < -0.39 is 48.1 Å². The zero-order valence-corrected chi connectivity index (χ0v) is 13.8. The highest BCUT2D eigenvalue weighted by Gasteiger charge is 2.43. The van der Waals surface area contributed by atoms with Crippen LogP contribution in [-0.4, -0.2) is 55.9 Å². The van der Waals surface area contributed by atoms with Crippen LogP contribution in [0.3, 0.4) is 0 Å². The van der Waals surface area contributed by atoms with Gasteiger partial charge in [-0.1, -0.05) is 15.9 Å². The Kier molecular flexibility index (Phi) is 4.45. The van der Waals surface area contributed by atoms with Gasteiger partial charge < -0.3 is 29.7 Å². The van der Waals surface area contributed by atoms with E-state index in [0.717, 1.165) is 6.20 Å². The molecule has 2 heterocycles. The van der Waals surface area contributed by atoms with Crippen LogP contribution in [0.25, 0.3) is 10.9 Å². The number of ether oxygens (including phenoxy) is 1. The summed E-state index contributed by atoms with van der Waals surface area (Å²) in [6, 6.07) is 4.64. The standard InChI is InChI=1S/C15H14BrNO7/c16-6-1-2-7-9(3-6)17(4-8(11(7)19)15(22)23)14-13(21)12(20)10(5-18)24-14/h1-4,10,12-14,18,20-21H,5H2,(H,22,23)/t10-,12-,13-,14?/m1/s1. The summed E-state index contributed by atoms with van der Waals surface area (Å²) in [4.78, 5) is 23.7. The van der Waals surface area contributed by atoms with E-state index in [-0.39, 0.29) is 5.39 Å². The second-order valence-corrected chi connectivity index (χ2v) is 6.39. The van der Waals surface area contributed by atoms with E-state index >= 15 is 0 Å². The topological polar surface area (TPSA) is 129 Å². The van der Waals surface area contributed by atoms with Crippen LogP contribution in [0.1, 0.15) is 16.6 Å². The number of hydrogen-bond donors (Lipinski definition) is 4.